The van der Waals surface area contributed by atoms with E-state index in [4.69, 9.17) is 0 Å². The Labute approximate surface area is 105 Å². The number of aromatic nitrogens is 1. The molecule has 0 saturated heterocycles. The van der Waals surface area contributed by atoms with Crippen molar-refractivity contribution in [3.8, 4) is 11.1 Å². The van der Waals surface area contributed by atoms with Gasteiger partial charge in [-0.15, -0.1) is 0 Å². The van der Waals surface area contributed by atoms with E-state index in [1.807, 2.05) is 12.4 Å². The molecule has 0 atom stereocenters. The van der Waals surface area contributed by atoms with Crippen molar-refractivity contribution >= 4 is 21.5 Å². The summed E-state index contributed by atoms with van der Waals surface area (Å²) in [6.07, 6.45) is 3.89. The van der Waals surface area contributed by atoms with E-state index in [9.17, 15) is 0 Å². The van der Waals surface area contributed by atoms with Crippen LogP contribution in [0.5, 0.6) is 0 Å². The van der Waals surface area contributed by atoms with Crippen LogP contribution < -0.4 is 0 Å². The Hall–Kier alpha value is -2.41. The topological polar surface area (TPSA) is 12.9 Å². The predicted octanol–water partition coefficient (Wildman–Crippen LogP) is 4.49. The largest absolute Gasteiger partial charge is 0.263 e. The third-order valence-corrected chi connectivity index (χ3v) is 3.51. The summed E-state index contributed by atoms with van der Waals surface area (Å²) in [6, 6.07) is 19.3. The molecule has 2 aromatic carbocycles. The number of hydrogen-bond donors (Lipinski definition) is 0. The molecule has 1 aliphatic heterocycles. The highest BCUT2D eigenvalue weighted by molar-refractivity contribution is 6.12. The van der Waals surface area contributed by atoms with Gasteiger partial charge in [-0.05, 0) is 27.6 Å². The fraction of sp³-hybridized carbons (Fsp3) is 0. The smallest absolute Gasteiger partial charge is 0.0353 e. The number of benzene rings is 2. The molecule has 0 aromatic heterocycles. The molecular weight excluding hydrogens is 218 g/mol. The summed E-state index contributed by atoms with van der Waals surface area (Å²) in [5.41, 5.74) is 2.43. The number of hydrogen-bond acceptors (Lipinski definition) is 1. The Bertz CT molecular complexity index is 833. The number of nitrogens with zero attached hydrogens (tertiary/aromatic N) is 1. The van der Waals surface area contributed by atoms with Crippen molar-refractivity contribution in [1.82, 2.24) is 4.98 Å². The van der Waals surface area contributed by atoms with Crippen molar-refractivity contribution in [3.63, 3.8) is 0 Å². The van der Waals surface area contributed by atoms with Crippen LogP contribution in [0.1, 0.15) is 0 Å². The highest BCUT2D eigenvalue weighted by atomic mass is 14.6. The molecule has 2 aliphatic rings. The summed E-state index contributed by atoms with van der Waals surface area (Å²) in [5.74, 6) is 0. The molecule has 2 aromatic rings. The lowest BCUT2D eigenvalue weighted by atomic mass is 10.1. The zero-order valence-electron chi connectivity index (χ0n) is 9.80. The van der Waals surface area contributed by atoms with E-state index in [2.05, 4.69) is 59.6 Å². The minimum absolute atomic E-state index is 1.20. The normalized spacial score (nSPS) is 11.3. The standard InChI is InChI=1S/C17H11N/c1-2-6-14-12(5-1)9-13-10-18-11-17(13)16-8-4-3-7-15(14)16/h1-11H. The average molecular weight is 229 g/mol. The van der Waals surface area contributed by atoms with Crippen LogP contribution in [0.25, 0.3) is 32.7 Å². The van der Waals surface area contributed by atoms with Crippen LogP contribution in [-0.4, -0.2) is 4.98 Å². The molecule has 0 amide bonds. The van der Waals surface area contributed by atoms with Crippen LogP contribution in [-0.2, 0) is 0 Å². The maximum Gasteiger partial charge on any atom is 0.0353 e. The summed E-state index contributed by atoms with van der Waals surface area (Å²) < 4.78 is 0. The van der Waals surface area contributed by atoms with Crippen LogP contribution in [0.2, 0.25) is 0 Å². The average Bonchev–Trinajstić information content (AvgIpc) is 2.83. The Morgan fingerprint density at radius 1 is 0.667 bits per heavy atom. The molecular formula is C17H11N. The molecule has 0 fully saturated rings. The van der Waals surface area contributed by atoms with Crippen LogP contribution in [0.3, 0.4) is 0 Å². The number of rotatable bonds is 0. The van der Waals surface area contributed by atoms with E-state index in [0.29, 0.717) is 0 Å². The van der Waals surface area contributed by atoms with Crippen molar-refractivity contribution in [2.75, 3.05) is 0 Å². The predicted molar refractivity (Wildman–Crippen MR) is 75.9 cm³/mol. The first kappa shape index (κ1) is 9.60. The lowest BCUT2D eigenvalue weighted by Crippen LogP contribution is -1.72. The molecule has 0 spiro atoms. The molecule has 1 nitrogen and oxygen atoms in total. The van der Waals surface area contributed by atoms with Crippen molar-refractivity contribution in [2.45, 2.75) is 0 Å². The van der Waals surface area contributed by atoms with Crippen LogP contribution in [0, 0.1) is 0 Å². The molecule has 0 N–H and O–H groups in total. The second-order valence-electron chi connectivity index (χ2n) is 4.55. The fourth-order valence-corrected chi connectivity index (χ4v) is 2.66. The monoisotopic (exact) mass is 229 g/mol. The Balaban J connectivity index is 2.40. The first-order valence-electron chi connectivity index (χ1n) is 6.08. The lowest BCUT2D eigenvalue weighted by Gasteiger charge is -1.98. The van der Waals surface area contributed by atoms with Gasteiger partial charge in [0.15, 0.2) is 0 Å². The molecule has 0 radical (unpaired) electrons. The van der Waals surface area contributed by atoms with Gasteiger partial charge in [0.05, 0.1) is 0 Å². The van der Waals surface area contributed by atoms with E-state index >= 15 is 0 Å². The van der Waals surface area contributed by atoms with Gasteiger partial charge in [0.25, 0.3) is 0 Å². The first-order valence-corrected chi connectivity index (χ1v) is 6.08. The maximum absolute atomic E-state index is 4.29. The third kappa shape index (κ3) is 1.25. The van der Waals surface area contributed by atoms with Gasteiger partial charge in [-0.1, -0.05) is 48.5 Å². The molecule has 1 heterocycles. The molecule has 18 heavy (non-hydrogen) atoms. The lowest BCUT2D eigenvalue weighted by molar-refractivity contribution is 1.42. The zero-order chi connectivity index (χ0) is 11.9. The highest BCUT2D eigenvalue weighted by Gasteiger charge is 2.08. The summed E-state index contributed by atoms with van der Waals surface area (Å²) in [6.45, 7) is 0. The molecule has 84 valence electrons. The van der Waals surface area contributed by atoms with Crippen molar-refractivity contribution in [2.24, 2.45) is 0 Å². The number of fused-ring (bicyclic) bond motifs is 5. The van der Waals surface area contributed by atoms with Gasteiger partial charge in [-0.25, -0.2) is 0 Å². The fourth-order valence-electron chi connectivity index (χ4n) is 2.66. The van der Waals surface area contributed by atoms with Crippen molar-refractivity contribution in [3.05, 3.63) is 67.0 Å². The van der Waals surface area contributed by atoms with E-state index in [0.717, 1.165) is 0 Å². The first-order chi connectivity index (χ1) is 8.93. The molecule has 0 saturated carbocycles. The van der Waals surface area contributed by atoms with Gasteiger partial charge >= 0.3 is 0 Å². The minimum atomic E-state index is 1.20. The Morgan fingerprint density at radius 3 is 2.28 bits per heavy atom. The summed E-state index contributed by atoms with van der Waals surface area (Å²) in [4.78, 5) is 4.29. The van der Waals surface area contributed by atoms with E-state index in [-0.39, 0.29) is 0 Å². The summed E-state index contributed by atoms with van der Waals surface area (Å²) in [5, 5.41) is 5.11. The molecule has 1 heteroatoms. The Morgan fingerprint density at radius 2 is 1.39 bits per heavy atom. The zero-order valence-corrected chi connectivity index (χ0v) is 9.80. The van der Waals surface area contributed by atoms with Crippen molar-refractivity contribution < 1.29 is 0 Å². The molecule has 0 unspecified atom stereocenters. The van der Waals surface area contributed by atoms with Gasteiger partial charge in [0, 0.05) is 23.5 Å². The maximum atomic E-state index is 4.29. The van der Waals surface area contributed by atoms with E-state index in [1.165, 1.54) is 32.7 Å². The van der Waals surface area contributed by atoms with Gasteiger partial charge in [-0.2, -0.15) is 0 Å². The molecule has 0 bridgehead atoms. The quantitative estimate of drug-likeness (QED) is 0.433. The van der Waals surface area contributed by atoms with Gasteiger partial charge in [0.2, 0.25) is 0 Å². The Kier molecular flexibility index (Phi) is 1.89. The molecule has 4 rings (SSSR count). The van der Waals surface area contributed by atoms with Gasteiger partial charge in [0.1, 0.15) is 0 Å². The van der Waals surface area contributed by atoms with Gasteiger partial charge < -0.3 is 0 Å². The van der Waals surface area contributed by atoms with E-state index in [1.54, 1.807) is 0 Å². The van der Waals surface area contributed by atoms with Crippen molar-refractivity contribution in [1.29, 1.82) is 0 Å². The van der Waals surface area contributed by atoms with Gasteiger partial charge in [-0.3, -0.25) is 4.98 Å². The van der Waals surface area contributed by atoms with Crippen LogP contribution >= 0.6 is 0 Å². The van der Waals surface area contributed by atoms with E-state index < -0.39 is 0 Å². The highest BCUT2D eigenvalue weighted by Crippen LogP contribution is 2.34. The summed E-state index contributed by atoms with van der Waals surface area (Å²) in [7, 11) is 0. The van der Waals surface area contributed by atoms with Crippen LogP contribution in [0.15, 0.2) is 67.0 Å². The second kappa shape index (κ2) is 3.54. The second-order valence-corrected chi connectivity index (χ2v) is 4.55. The summed E-state index contributed by atoms with van der Waals surface area (Å²) >= 11 is 0. The van der Waals surface area contributed by atoms with Crippen LogP contribution in [0.4, 0.5) is 0 Å². The third-order valence-electron chi connectivity index (χ3n) is 3.51. The minimum Gasteiger partial charge on any atom is -0.263 e. The SMILES string of the molecule is c1ccc2c(c1)cc1cncc-1c1ccccc12. The molecule has 1 aliphatic carbocycles.